The number of carbonyl (C=O) groups excluding carboxylic acids is 9. The number of aliphatic imine (C=N–C) groups is 1. The molecular formula is C63H89N13O10. The molecule has 0 aliphatic heterocycles. The first-order valence-corrected chi connectivity index (χ1v) is 29.2. The molecule has 23 nitrogen and oxygen atoms in total. The molecule has 0 aliphatic carbocycles. The average Bonchev–Trinajstić information content (AvgIpc) is 3.32. The summed E-state index contributed by atoms with van der Waals surface area (Å²) < 4.78 is 5.08. The molecule has 0 aliphatic rings. The summed E-state index contributed by atoms with van der Waals surface area (Å²) in [4.78, 5) is 129. The third kappa shape index (κ3) is 25.4. The van der Waals surface area contributed by atoms with Crippen LogP contribution in [0.2, 0.25) is 0 Å². The number of nitrogens with zero attached hydrogens (tertiary/aromatic N) is 1. The van der Waals surface area contributed by atoms with Crippen LogP contribution in [0.25, 0.3) is 10.8 Å². The van der Waals surface area contributed by atoms with E-state index in [4.69, 9.17) is 10.5 Å². The number of likely N-dealkylation sites (N-methyl/N-ethyl adjacent to an activating group) is 1. The molecule has 0 radical (unpaired) electrons. The number of Topliss-reactive ketones (excluding diaryl/α,β-unsaturated/α-hetero) is 1. The number of hydrogen-bond donors (Lipinski definition) is 12. The monoisotopic (exact) mass is 1190 g/mol. The van der Waals surface area contributed by atoms with Crippen LogP contribution < -0.4 is 64.2 Å². The smallest absolute Gasteiger partial charge is 0.306 e. The van der Waals surface area contributed by atoms with E-state index in [1.54, 1.807) is 27.2 Å². The number of ether oxygens (including phenoxy) is 1. The van der Waals surface area contributed by atoms with E-state index >= 15 is 0 Å². The van der Waals surface area contributed by atoms with Crippen molar-refractivity contribution >= 4 is 69.8 Å². The Balaban J connectivity index is 1.65. The third-order valence-corrected chi connectivity index (χ3v) is 14.2. The number of nitrogens with one attached hydrogen (secondary N) is 11. The average molecular weight is 1190 g/mol. The van der Waals surface area contributed by atoms with E-state index in [-0.39, 0.29) is 76.3 Å². The second-order valence-corrected chi connectivity index (χ2v) is 21.0. The molecule has 4 rings (SSSR count). The maximum Gasteiger partial charge on any atom is 0.306 e. The van der Waals surface area contributed by atoms with Gasteiger partial charge in [-0.25, -0.2) is 0 Å². The highest BCUT2D eigenvalue weighted by Gasteiger charge is 2.33. The number of ketones is 1. The largest absolute Gasteiger partial charge is 0.461 e. The van der Waals surface area contributed by atoms with Crippen LogP contribution in [-0.2, 0) is 67.2 Å². The van der Waals surface area contributed by atoms with Crippen LogP contribution in [0.3, 0.4) is 0 Å². The van der Waals surface area contributed by atoms with Gasteiger partial charge in [0.15, 0.2) is 11.7 Å². The van der Waals surface area contributed by atoms with Crippen molar-refractivity contribution in [3.63, 3.8) is 0 Å². The summed E-state index contributed by atoms with van der Waals surface area (Å²) in [6.07, 6.45) is 3.05. The summed E-state index contributed by atoms with van der Waals surface area (Å²) in [6, 6.07) is 22.2. The Morgan fingerprint density at radius 2 is 1.06 bits per heavy atom. The number of amides is 7. The second-order valence-electron chi connectivity index (χ2n) is 21.0. The molecule has 4 aromatic rings. The Morgan fingerprint density at radius 3 is 1.67 bits per heavy atom. The molecule has 23 heteroatoms. The van der Waals surface area contributed by atoms with Gasteiger partial charge in [0, 0.05) is 32.9 Å². The minimum absolute atomic E-state index is 0.0116. The van der Waals surface area contributed by atoms with E-state index in [1.807, 2.05) is 97.9 Å². The summed E-state index contributed by atoms with van der Waals surface area (Å²) in [5, 5.41) is 33.2. The predicted molar refractivity (Wildman–Crippen MR) is 332 cm³/mol. The Kier molecular flexibility index (Phi) is 31.2. The van der Waals surface area contributed by atoms with Crippen molar-refractivity contribution in [2.24, 2.45) is 10.7 Å². The number of nitrogens with two attached hydrogens (primary N) is 1. The molecule has 13 N–H and O–H groups in total. The normalized spacial score (nSPS) is 13.7. The molecular weight excluding hydrogens is 1100 g/mol. The lowest BCUT2D eigenvalue weighted by molar-refractivity contribution is -0.143. The summed E-state index contributed by atoms with van der Waals surface area (Å²) in [5.41, 5.74) is 9.25. The molecule has 0 fully saturated rings. The number of rotatable bonds is 39. The van der Waals surface area contributed by atoms with E-state index in [9.17, 15) is 43.2 Å². The minimum Gasteiger partial charge on any atom is -0.461 e. The number of unbranched alkanes of at least 4 members (excludes halogenated alkanes) is 1. The van der Waals surface area contributed by atoms with Gasteiger partial charge in [0.1, 0.15) is 36.8 Å². The van der Waals surface area contributed by atoms with E-state index in [1.165, 1.54) is 20.0 Å². The zero-order valence-corrected chi connectivity index (χ0v) is 50.5. The van der Waals surface area contributed by atoms with E-state index in [2.05, 4.69) is 70.1 Å². The first-order valence-electron chi connectivity index (χ1n) is 29.2. The molecule has 0 bridgehead atoms. The van der Waals surface area contributed by atoms with Crippen molar-refractivity contribution < 1.29 is 47.9 Å². The van der Waals surface area contributed by atoms with Crippen LogP contribution in [0, 0.1) is 6.92 Å². The zero-order valence-electron chi connectivity index (χ0n) is 50.5. The summed E-state index contributed by atoms with van der Waals surface area (Å²) in [5.74, 6) is -5.70. The fourth-order valence-corrected chi connectivity index (χ4v) is 9.26. The minimum atomic E-state index is -1.36. The van der Waals surface area contributed by atoms with E-state index < -0.39 is 96.2 Å². The van der Waals surface area contributed by atoms with Gasteiger partial charge in [0.2, 0.25) is 41.4 Å². The van der Waals surface area contributed by atoms with Gasteiger partial charge in [-0.05, 0) is 127 Å². The van der Waals surface area contributed by atoms with Crippen molar-refractivity contribution in [1.29, 1.82) is 0 Å². The second kappa shape index (κ2) is 38.4. The molecule has 7 atom stereocenters. The number of guanidine groups is 1. The quantitative estimate of drug-likeness (QED) is 0.00983. The number of esters is 1. The van der Waals surface area contributed by atoms with Gasteiger partial charge in [-0.2, -0.15) is 0 Å². The topological polar surface area (TPSA) is 334 Å². The fourth-order valence-electron chi connectivity index (χ4n) is 9.26. The van der Waals surface area contributed by atoms with E-state index in [0.717, 1.165) is 27.5 Å². The van der Waals surface area contributed by atoms with Crippen molar-refractivity contribution in [2.75, 3.05) is 61.0 Å². The molecule has 0 unspecified atom stereocenters. The van der Waals surface area contributed by atoms with Crippen molar-refractivity contribution in [3.8, 4) is 0 Å². The maximum atomic E-state index is 14.8. The van der Waals surface area contributed by atoms with Gasteiger partial charge < -0.3 is 69.0 Å². The standard InChI is InChI=1S/C63H89N13O10/c1-8-35-86-56(79)30-29-51(60(83)72-48(42(3)77)31-34-66-5)71-55(78)40-70-57(80)53(39-45-27-28-46-19-12-13-20-47(46)36-45)75-59(82)50(22-16-33-69-63(64)68-7)73-58(81)49(21-14-15-32-65-4)74-62(85)54(38-44-25-23-41(2)24-26-44)76-61(84)52(67-6)37-43-17-10-9-11-18-43/h8-13,17-20,23-28,36,48-54,65-67H,1,14-16,21-22,29-35,37-40H2,2-7H3,(H,70,80)(H,71,78)(H,72,83)(H,73,81)(H,74,85)(H,75,82)(H,76,84)(H3,64,68,69)/t48-,49-,50+,51+,52-,53-,54-/m0/s1. The highest BCUT2D eigenvalue weighted by atomic mass is 16.5. The maximum absolute atomic E-state index is 14.8. The van der Waals surface area contributed by atoms with Crippen molar-refractivity contribution in [3.05, 3.63) is 132 Å². The molecule has 4 aromatic carbocycles. The first-order chi connectivity index (χ1) is 41.4. The molecule has 0 heterocycles. The summed E-state index contributed by atoms with van der Waals surface area (Å²) >= 11 is 0. The van der Waals surface area contributed by atoms with Crippen LogP contribution in [0.5, 0.6) is 0 Å². The fraction of sp³-hybridized carbons (Fsp3) is 0.460. The molecule has 7 amide bonds. The molecule has 86 heavy (non-hydrogen) atoms. The van der Waals surface area contributed by atoms with Gasteiger partial charge in [0.05, 0.1) is 18.6 Å². The Morgan fingerprint density at radius 1 is 0.535 bits per heavy atom. The third-order valence-electron chi connectivity index (χ3n) is 14.2. The molecule has 0 spiro atoms. The van der Waals surface area contributed by atoms with Gasteiger partial charge in [0.25, 0.3) is 0 Å². The number of benzene rings is 4. The van der Waals surface area contributed by atoms with Gasteiger partial charge in [-0.1, -0.05) is 115 Å². The van der Waals surface area contributed by atoms with Crippen LogP contribution in [0.4, 0.5) is 0 Å². The number of fused-ring (bicyclic) bond motifs is 1. The molecule has 466 valence electrons. The Hall–Kier alpha value is -8.54. The van der Waals surface area contributed by atoms with Gasteiger partial charge in [-0.15, -0.1) is 0 Å². The van der Waals surface area contributed by atoms with Crippen molar-refractivity contribution in [2.45, 2.75) is 127 Å². The van der Waals surface area contributed by atoms with Crippen LogP contribution in [0.15, 0.2) is 115 Å². The molecule has 0 aromatic heterocycles. The lowest BCUT2D eigenvalue weighted by Crippen LogP contribution is -2.59. The summed E-state index contributed by atoms with van der Waals surface area (Å²) in [7, 11) is 6.66. The van der Waals surface area contributed by atoms with Crippen LogP contribution in [-0.4, -0.2) is 162 Å². The predicted octanol–water partition coefficient (Wildman–Crippen LogP) is 1.20. The van der Waals surface area contributed by atoms with E-state index in [0.29, 0.717) is 37.9 Å². The number of aryl methyl sites for hydroxylation is 1. The number of carbonyl (C=O) groups is 9. The SMILES string of the molecule is C=CCOC(=O)CC[C@@H](NC(=O)CNC(=O)[C@H](Cc1ccc2ccccc2c1)NC(=O)[C@@H](CCCNC(N)=NC)NC(=O)[C@H](CCCCNC)NC(=O)[C@H](Cc1ccc(C)cc1)NC(=O)[C@H](Cc1ccccc1)NC)C(=O)N[C@@H](CCNC)C(C)=O. The van der Waals surface area contributed by atoms with Gasteiger partial charge >= 0.3 is 5.97 Å². The van der Waals surface area contributed by atoms with Crippen molar-refractivity contribution in [1.82, 2.24) is 58.5 Å². The lowest BCUT2D eigenvalue weighted by atomic mass is 10.00. The highest BCUT2D eigenvalue weighted by molar-refractivity contribution is 5.97. The van der Waals surface area contributed by atoms with Crippen LogP contribution in [0.1, 0.15) is 80.5 Å². The Bertz CT molecular complexity index is 2890. The summed E-state index contributed by atoms with van der Waals surface area (Å²) in [6.45, 7) is 7.29. The first kappa shape index (κ1) is 69.9. The molecule has 0 saturated heterocycles. The number of hydrogen-bond acceptors (Lipinski definition) is 14. The highest BCUT2D eigenvalue weighted by Crippen LogP contribution is 2.18. The molecule has 0 saturated carbocycles. The zero-order chi connectivity index (χ0) is 62.8. The van der Waals surface area contributed by atoms with Crippen LogP contribution >= 0.6 is 0 Å². The van der Waals surface area contributed by atoms with Gasteiger partial charge in [-0.3, -0.25) is 48.1 Å². The Labute approximate surface area is 504 Å². The lowest BCUT2D eigenvalue weighted by Gasteiger charge is -2.27.